The molecule has 1 aromatic carbocycles. The van der Waals surface area contributed by atoms with E-state index in [2.05, 4.69) is 4.98 Å². The van der Waals surface area contributed by atoms with Crippen molar-refractivity contribution in [2.45, 2.75) is 44.7 Å². The number of aromatic nitrogens is 2. The van der Waals surface area contributed by atoms with Crippen molar-refractivity contribution < 1.29 is 35.5 Å². The number of ketones is 1. The Balaban J connectivity index is 1.89. The third kappa shape index (κ3) is 5.47. The molecule has 3 aromatic rings. The Morgan fingerprint density at radius 3 is 2.49 bits per heavy atom. The highest BCUT2D eigenvalue weighted by Gasteiger charge is 2.41. The number of carbonyl (C=O) groups excluding carboxylic acids is 1. The van der Waals surface area contributed by atoms with Crippen molar-refractivity contribution >= 4 is 22.6 Å². The number of hydrogen-bond donors (Lipinski definition) is 0. The van der Waals surface area contributed by atoms with Gasteiger partial charge in [0, 0.05) is 31.6 Å². The predicted octanol–water partition coefficient (Wildman–Crippen LogP) is 6.06. The van der Waals surface area contributed by atoms with Gasteiger partial charge in [-0.25, -0.2) is 22.5 Å². The Kier molecular flexibility index (Phi) is 7.04. The zero-order valence-corrected chi connectivity index (χ0v) is 19.6. The van der Waals surface area contributed by atoms with E-state index in [1.54, 1.807) is 0 Å². The van der Waals surface area contributed by atoms with Gasteiger partial charge in [-0.3, -0.25) is 14.2 Å². The highest BCUT2D eigenvalue weighted by Crippen LogP contribution is 2.34. The Morgan fingerprint density at radius 1 is 1.16 bits per heavy atom. The summed E-state index contributed by atoms with van der Waals surface area (Å²) < 4.78 is 97.1. The molecule has 1 aliphatic rings. The van der Waals surface area contributed by atoms with Gasteiger partial charge in [0.05, 0.1) is 29.1 Å². The first-order chi connectivity index (χ1) is 17.3. The molecule has 0 spiro atoms. The van der Waals surface area contributed by atoms with Crippen molar-refractivity contribution in [1.29, 1.82) is 0 Å². The summed E-state index contributed by atoms with van der Waals surface area (Å²) in [4.78, 5) is 31.6. The summed E-state index contributed by atoms with van der Waals surface area (Å²) in [6, 6.07) is 4.96. The molecule has 0 aliphatic carbocycles. The van der Waals surface area contributed by atoms with E-state index in [9.17, 15) is 40.3 Å². The minimum Gasteiger partial charge on any atom is -0.350 e. The zero-order valence-electron chi connectivity index (χ0n) is 19.6. The SMILES string of the molecule is CCCC(CC(=O)c1cn(-c2ccc(F)cc2F)c2nc(N3CCC(F)(F)C3)ccc2c1=O)C(F)(F)F. The second-order valence-electron chi connectivity index (χ2n) is 9.06. The highest BCUT2D eigenvalue weighted by molar-refractivity contribution is 5.99. The van der Waals surface area contributed by atoms with Gasteiger partial charge in [-0.15, -0.1) is 0 Å². The summed E-state index contributed by atoms with van der Waals surface area (Å²) in [5, 5.41) is -0.233. The van der Waals surface area contributed by atoms with Crippen molar-refractivity contribution in [3.63, 3.8) is 0 Å². The summed E-state index contributed by atoms with van der Waals surface area (Å²) in [6.07, 6.45) is -5.37. The number of anilines is 1. The topological polar surface area (TPSA) is 55.2 Å². The average molecular weight is 529 g/mol. The first kappa shape index (κ1) is 26.6. The van der Waals surface area contributed by atoms with E-state index in [4.69, 9.17) is 0 Å². The van der Waals surface area contributed by atoms with Crippen molar-refractivity contribution in [2.24, 2.45) is 5.92 Å². The van der Waals surface area contributed by atoms with Crippen LogP contribution >= 0.6 is 0 Å². The van der Waals surface area contributed by atoms with E-state index in [-0.39, 0.29) is 41.9 Å². The van der Waals surface area contributed by atoms with Crippen molar-refractivity contribution in [2.75, 3.05) is 18.0 Å². The molecular weight excluding hydrogens is 507 g/mol. The van der Waals surface area contributed by atoms with Crippen molar-refractivity contribution in [1.82, 2.24) is 9.55 Å². The maximum absolute atomic E-state index is 14.8. The van der Waals surface area contributed by atoms with Crippen LogP contribution in [0.4, 0.5) is 36.6 Å². The molecule has 1 aliphatic heterocycles. The second kappa shape index (κ2) is 9.79. The van der Waals surface area contributed by atoms with E-state index < -0.39 is 65.8 Å². The lowest BCUT2D eigenvalue weighted by molar-refractivity contribution is -0.175. The molecule has 0 N–H and O–H groups in total. The smallest absolute Gasteiger partial charge is 0.350 e. The van der Waals surface area contributed by atoms with Crippen LogP contribution in [0.3, 0.4) is 0 Å². The number of rotatable bonds is 7. The monoisotopic (exact) mass is 529 g/mol. The van der Waals surface area contributed by atoms with Crippen LogP contribution in [0.2, 0.25) is 0 Å². The maximum Gasteiger partial charge on any atom is 0.392 e. The molecule has 0 saturated carbocycles. The maximum atomic E-state index is 14.8. The van der Waals surface area contributed by atoms with E-state index in [1.807, 2.05) is 0 Å². The van der Waals surface area contributed by atoms with Gasteiger partial charge in [0.15, 0.2) is 11.4 Å². The molecule has 0 radical (unpaired) electrons. The molecule has 37 heavy (non-hydrogen) atoms. The van der Waals surface area contributed by atoms with Gasteiger partial charge in [-0.1, -0.05) is 13.3 Å². The predicted molar refractivity (Wildman–Crippen MR) is 122 cm³/mol. The zero-order chi connectivity index (χ0) is 27.1. The third-order valence-corrected chi connectivity index (χ3v) is 6.33. The quantitative estimate of drug-likeness (QED) is 0.276. The fourth-order valence-electron chi connectivity index (χ4n) is 4.42. The first-order valence-electron chi connectivity index (χ1n) is 11.6. The number of hydrogen-bond acceptors (Lipinski definition) is 4. The van der Waals surface area contributed by atoms with Crippen LogP contribution in [0.1, 0.15) is 43.0 Å². The number of carbonyl (C=O) groups is 1. The van der Waals surface area contributed by atoms with E-state index in [0.717, 1.165) is 22.9 Å². The van der Waals surface area contributed by atoms with Gasteiger partial charge in [0.25, 0.3) is 5.92 Å². The molecule has 12 heteroatoms. The van der Waals surface area contributed by atoms with Gasteiger partial charge in [-0.05, 0) is 30.7 Å². The summed E-state index contributed by atoms with van der Waals surface area (Å²) >= 11 is 0. The average Bonchev–Trinajstić information content (AvgIpc) is 3.18. The fourth-order valence-corrected chi connectivity index (χ4v) is 4.42. The van der Waals surface area contributed by atoms with Gasteiger partial charge >= 0.3 is 6.18 Å². The van der Waals surface area contributed by atoms with Crippen LogP contribution in [0.5, 0.6) is 0 Å². The lowest BCUT2D eigenvalue weighted by Crippen LogP contribution is -2.28. The molecule has 1 fully saturated rings. The molecule has 3 heterocycles. The minimum atomic E-state index is -4.67. The molecule has 1 unspecified atom stereocenters. The lowest BCUT2D eigenvalue weighted by Gasteiger charge is -2.20. The van der Waals surface area contributed by atoms with Crippen molar-refractivity contribution in [3.05, 3.63) is 63.9 Å². The van der Waals surface area contributed by atoms with E-state index in [1.165, 1.54) is 24.0 Å². The normalized spacial score (nSPS) is 16.4. The second-order valence-corrected chi connectivity index (χ2v) is 9.06. The lowest BCUT2D eigenvalue weighted by atomic mass is 9.94. The van der Waals surface area contributed by atoms with Gasteiger partial charge in [0.1, 0.15) is 17.5 Å². The van der Waals surface area contributed by atoms with Gasteiger partial charge in [-0.2, -0.15) is 13.2 Å². The van der Waals surface area contributed by atoms with Crippen LogP contribution in [-0.4, -0.2) is 40.5 Å². The number of benzene rings is 1. The van der Waals surface area contributed by atoms with Crippen molar-refractivity contribution in [3.8, 4) is 5.69 Å². The summed E-state index contributed by atoms with van der Waals surface area (Å²) in [5.74, 6) is -7.98. The van der Waals surface area contributed by atoms with Gasteiger partial charge in [0.2, 0.25) is 5.43 Å². The molecule has 4 rings (SSSR count). The Morgan fingerprint density at radius 2 is 1.89 bits per heavy atom. The summed E-state index contributed by atoms with van der Waals surface area (Å²) in [5.41, 5.74) is -2.11. The van der Waals surface area contributed by atoms with Crippen LogP contribution in [0.25, 0.3) is 16.7 Å². The molecule has 5 nitrogen and oxygen atoms in total. The number of nitrogens with zero attached hydrogens (tertiary/aromatic N) is 3. The summed E-state index contributed by atoms with van der Waals surface area (Å²) in [7, 11) is 0. The standard InChI is InChI=1S/C25H22F7N3O2/c1-2-3-14(25(30,31)32)10-20(36)17-12-35(19-6-4-15(26)11-18(19)27)23-16(22(17)37)5-7-21(33-23)34-9-8-24(28,29)13-34/h4-7,11-12,14H,2-3,8-10,13H2,1H3. The van der Waals surface area contributed by atoms with Crippen LogP contribution in [-0.2, 0) is 0 Å². The highest BCUT2D eigenvalue weighted by atomic mass is 19.4. The van der Waals surface area contributed by atoms with Gasteiger partial charge < -0.3 is 4.90 Å². The summed E-state index contributed by atoms with van der Waals surface area (Å²) in [6.45, 7) is 0.865. The molecular formula is C25H22F7N3O2. The molecule has 0 bridgehead atoms. The number of fused-ring (bicyclic) bond motifs is 1. The number of Topliss-reactive ketones (excluding diaryl/α,β-unsaturated/α-hetero) is 1. The number of alkyl halides is 5. The Hall–Kier alpha value is -3.44. The molecule has 1 atom stereocenters. The Labute approximate surface area is 206 Å². The molecule has 2 aromatic heterocycles. The molecule has 1 saturated heterocycles. The van der Waals surface area contributed by atoms with Crippen LogP contribution < -0.4 is 10.3 Å². The van der Waals surface area contributed by atoms with Crippen LogP contribution in [0.15, 0.2) is 41.3 Å². The molecule has 198 valence electrons. The van der Waals surface area contributed by atoms with E-state index in [0.29, 0.717) is 6.07 Å². The van der Waals surface area contributed by atoms with Crippen LogP contribution in [0, 0.1) is 17.6 Å². The number of halogens is 7. The Bertz CT molecular complexity index is 1400. The minimum absolute atomic E-state index is 0.0342. The fraction of sp³-hybridized carbons (Fsp3) is 0.400. The third-order valence-electron chi connectivity index (χ3n) is 6.33. The van der Waals surface area contributed by atoms with E-state index >= 15 is 0 Å². The largest absolute Gasteiger partial charge is 0.392 e. The first-order valence-corrected chi connectivity index (χ1v) is 11.6. The molecule has 0 amide bonds. The number of pyridine rings is 2.